The molecule has 1 aromatic carbocycles. The number of halogens is 2. The van der Waals surface area contributed by atoms with Crippen LogP contribution < -0.4 is 15.2 Å². The van der Waals surface area contributed by atoms with Crippen LogP contribution in [0.1, 0.15) is 11.6 Å². The highest BCUT2D eigenvalue weighted by molar-refractivity contribution is 6.31. The fraction of sp³-hybridized carbons (Fsp3) is 0.333. The standard InChI is InChI=1S/C9H9ClFNO2/c10-6-2-9-8(13-4-14-9)1-5(6)7(12)3-11/h1-2,7H,3-4,12H2/t7-/m0/s1. The summed E-state index contributed by atoms with van der Waals surface area (Å²) in [4.78, 5) is 0. The normalized spacial score (nSPS) is 15.6. The Labute approximate surface area is 85.6 Å². The van der Waals surface area contributed by atoms with Crippen molar-refractivity contribution < 1.29 is 13.9 Å². The van der Waals surface area contributed by atoms with Gasteiger partial charge in [0.15, 0.2) is 11.5 Å². The molecule has 0 fully saturated rings. The van der Waals surface area contributed by atoms with E-state index in [2.05, 4.69) is 0 Å². The van der Waals surface area contributed by atoms with Gasteiger partial charge in [-0.3, -0.25) is 0 Å². The maximum atomic E-state index is 12.3. The molecule has 2 N–H and O–H groups in total. The molecule has 3 nitrogen and oxygen atoms in total. The summed E-state index contributed by atoms with van der Waals surface area (Å²) in [6.45, 7) is -0.487. The van der Waals surface area contributed by atoms with E-state index in [9.17, 15) is 4.39 Å². The van der Waals surface area contributed by atoms with Gasteiger partial charge in [-0.05, 0) is 11.6 Å². The Morgan fingerprint density at radius 1 is 1.43 bits per heavy atom. The zero-order valence-electron chi connectivity index (χ0n) is 7.30. The fourth-order valence-electron chi connectivity index (χ4n) is 1.30. The summed E-state index contributed by atoms with van der Waals surface area (Å²) in [7, 11) is 0. The summed E-state index contributed by atoms with van der Waals surface area (Å²) in [5.74, 6) is 1.14. The molecular weight excluding hydrogens is 209 g/mol. The monoisotopic (exact) mass is 217 g/mol. The zero-order valence-corrected chi connectivity index (χ0v) is 8.05. The van der Waals surface area contributed by atoms with Crippen LogP contribution in [0.15, 0.2) is 12.1 Å². The topological polar surface area (TPSA) is 44.5 Å². The van der Waals surface area contributed by atoms with Crippen molar-refractivity contribution in [2.75, 3.05) is 13.5 Å². The average Bonchev–Trinajstić information content (AvgIpc) is 2.62. The third kappa shape index (κ3) is 1.51. The van der Waals surface area contributed by atoms with Crippen LogP contribution in [0.5, 0.6) is 11.5 Å². The summed E-state index contributed by atoms with van der Waals surface area (Å²) in [5, 5.41) is 0.402. The molecule has 0 saturated carbocycles. The number of fused-ring (bicyclic) bond motifs is 1. The summed E-state index contributed by atoms with van der Waals surface area (Å²) >= 11 is 5.90. The molecule has 0 saturated heterocycles. The molecule has 0 radical (unpaired) electrons. The van der Waals surface area contributed by atoms with Gasteiger partial charge in [0.1, 0.15) is 6.67 Å². The molecule has 0 unspecified atom stereocenters. The van der Waals surface area contributed by atoms with Crippen LogP contribution in [-0.4, -0.2) is 13.5 Å². The Balaban J connectivity index is 2.42. The third-order valence-electron chi connectivity index (χ3n) is 2.06. The van der Waals surface area contributed by atoms with Crippen molar-refractivity contribution >= 4 is 11.6 Å². The van der Waals surface area contributed by atoms with E-state index in [1.165, 1.54) is 0 Å². The van der Waals surface area contributed by atoms with Crippen LogP contribution in [0.3, 0.4) is 0 Å². The lowest BCUT2D eigenvalue weighted by Crippen LogP contribution is -2.12. The SMILES string of the molecule is N[C@@H](CF)c1cc2c(cc1Cl)OCO2. The van der Waals surface area contributed by atoms with Gasteiger partial charge in [-0.15, -0.1) is 0 Å². The lowest BCUT2D eigenvalue weighted by Gasteiger charge is -2.10. The molecule has 0 aliphatic carbocycles. The van der Waals surface area contributed by atoms with Gasteiger partial charge in [-0.25, -0.2) is 4.39 Å². The third-order valence-corrected chi connectivity index (χ3v) is 2.38. The van der Waals surface area contributed by atoms with E-state index in [1.54, 1.807) is 12.1 Å². The Hall–Kier alpha value is -1.00. The first kappa shape index (κ1) is 9.55. The molecule has 14 heavy (non-hydrogen) atoms. The molecule has 1 heterocycles. The maximum absolute atomic E-state index is 12.3. The lowest BCUT2D eigenvalue weighted by molar-refractivity contribution is 0.174. The van der Waals surface area contributed by atoms with Crippen LogP contribution in [-0.2, 0) is 0 Å². The predicted molar refractivity (Wildman–Crippen MR) is 50.5 cm³/mol. The minimum Gasteiger partial charge on any atom is -0.454 e. The number of hydrogen-bond donors (Lipinski definition) is 1. The van der Waals surface area contributed by atoms with Gasteiger partial charge in [0, 0.05) is 11.1 Å². The lowest BCUT2D eigenvalue weighted by atomic mass is 10.1. The largest absolute Gasteiger partial charge is 0.454 e. The second kappa shape index (κ2) is 3.63. The number of nitrogens with two attached hydrogens (primary N) is 1. The Morgan fingerprint density at radius 3 is 2.71 bits per heavy atom. The quantitative estimate of drug-likeness (QED) is 0.825. The minimum absolute atomic E-state index is 0.167. The average molecular weight is 218 g/mol. The van der Waals surface area contributed by atoms with E-state index in [0.717, 1.165) is 0 Å². The van der Waals surface area contributed by atoms with Crippen molar-refractivity contribution in [2.24, 2.45) is 5.73 Å². The molecule has 2 rings (SSSR count). The highest BCUT2D eigenvalue weighted by Gasteiger charge is 2.19. The van der Waals surface area contributed by atoms with E-state index in [4.69, 9.17) is 26.8 Å². The predicted octanol–water partition coefficient (Wildman–Crippen LogP) is 2.04. The van der Waals surface area contributed by atoms with Crippen molar-refractivity contribution in [2.45, 2.75) is 6.04 Å². The highest BCUT2D eigenvalue weighted by atomic mass is 35.5. The first-order valence-corrected chi connectivity index (χ1v) is 4.50. The van der Waals surface area contributed by atoms with Crippen LogP contribution in [0.2, 0.25) is 5.02 Å². The summed E-state index contributed by atoms with van der Waals surface area (Å²) in [6, 6.07) is 2.50. The minimum atomic E-state index is -0.711. The Bertz CT molecular complexity index is 359. The molecule has 1 atom stereocenters. The van der Waals surface area contributed by atoms with Gasteiger partial charge in [-0.1, -0.05) is 11.6 Å². The van der Waals surface area contributed by atoms with Crippen molar-refractivity contribution in [3.05, 3.63) is 22.7 Å². The Kier molecular flexibility index (Phi) is 2.48. The van der Waals surface area contributed by atoms with Crippen LogP contribution in [0, 0.1) is 0 Å². The van der Waals surface area contributed by atoms with Crippen molar-refractivity contribution in [1.82, 2.24) is 0 Å². The van der Waals surface area contributed by atoms with Crippen molar-refractivity contribution in [3.8, 4) is 11.5 Å². The second-order valence-electron chi connectivity index (χ2n) is 2.99. The molecule has 1 aromatic rings. The van der Waals surface area contributed by atoms with Gasteiger partial charge in [0.05, 0.1) is 6.04 Å². The maximum Gasteiger partial charge on any atom is 0.231 e. The first-order chi connectivity index (χ1) is 6.72. The summed E-state index contributed by atoms with van der Waals surface area (Å²) in [5.41, 5.74) is 6.07. The van der Waals surface area contributed by atoms with Gasteiger partial charge >= 0.3 is 0 Å². The van der Waals surface area contributed by atoms with Gasteiger partial charge in [-0.2, -0.15) is 0 Å². The Morgan fingerprint density at radius 2 is 2.07 bits per heavy atom. The van der Waals surface area contributed by atoms with Gasteiger partial charge < -0.3 is 15.2 Å². The molecule has 76 valence electrons. The van der Waals surface area contributed by atoms with Gasteiger partial charge in [0.25, 0.3) is 0 Å². The van der Waals surface area contributed by atoms with E-state index in [1.807, 2.05) is 0 Å². The van der Waals surface area contributed by atoms with E-state index in [0.29, 0.717) is 22.1 Å². The number of benzene rings is 1. The van der Waals surface area contributed by atoms with Crippen LogP contribution in [0.4, 0.5) is 4.39 Å². The molecule has 1 aliphatic rings. The number of hydrogen-bond acceptors (Lipinski definition) is 3. The number of alkyl halides is 1. The summed E-state index contributed by atoms with van der Waals surface area (Å²) in [6.07, 6.45) is 0. The zero-order chi connectivity index (χ0) is 10.1. The molecule has 5 heteroatoms. The molecule has 0 amide bonds. The van der Waals surface area contributed by atoms with Gasteiger partial charge in [0.2, 0.25) is 6.79 Å². The van der Waals surface area contributed by atoms with Crippen molar-refractivity contribution in [3.63, 3.8) is 0 Å². The number of ether oxygens (including phenoxy) is 2. The summed E-state index contributed by atoms with van der Waals surface area (Å²) < 4.78 is 22.6. The van der Waals surface area contributed by atoms with Crippen molar-refractivity contribution in [1.29, 1.82) is 0 Å². The first-order valence-electron chi connectivity index (χ1n) is 4.13. The molecule has 0 bridgehead atoms. The molecule has 0 aromatic heterocycles. The highest BCUT2D eigenvalue weighted by Crippen LogP contribution is 2.38. The van der Waals surface area contributed by atoms with E-state index < -0.39 is 12.7 Å². The molecular formula is C9H9ClFNO2. The van der Waals surface area contributed by atoms with Crippen LogP contribution in [0.25, 0.3) is 0 Å². The molecule has 0 spiro atoms. The van der Waals surface area contributed by atoms with E-state index >= 15 is 0 Å². The smallest absolute Gasteiger partial charge is 0.231 e. The van der Waals surface area contributed by atoms with E-state index in [-0.39, 0.29) is 6.79 Å². The second-order valence-corrected chi connectivity index (χ2v) is 3.39. The number of rotatable bonds is 2. The molecule has 1 aliphatic heterocycles. The van der Waals surface area contributed by atoms with Crippen LogP contribution >= 0.6 is 11.6 Å². The fourth-order valence-corrected chi connectivity index (χ4v) is 1.59.